The van der Waals surface area contributed by atoms with E-state index >= 15 is 0 Å². The van der Waals surface area contributed by atoms with Crippen molar-refractivity contribution < 1.29 is 39.0 Å². The van der Waals surface area contributed by atoms with Gasteiger partial charge in [0.2, 0.25) is 11.8 Å². The van der Waals surface area contributed by atoms with E-state index < -0.39 is 23.8 Å². The second-order valence-electron chi connectivity index (χ2n) is 8.54. The van der Waals surface area contributed by atoms with E-state index in [0.29, 0.717) is 22.5 Å². The van der Waals surface area contributed by atoms with Crippen LogP contribution in [0.25, 0.3) is 12.2 Å². The Morgan fingerprint density at radius 3 is 1.10 bits per heavy atom. The number of carboxylic acid groups (broad SMARTS) is 2. The van der Waals surface area contributed by atoms with Gasteiger partial charge in [0.1, 0.15) is 0 Å². The average Bonchev–Trinajstić information content (AvgIpc) is 2.98. The summed E-state index contributed by atoms with van der Waals surface area (Å²) < 4.78 is 0. The van der Waals surface area contributed by atoms with Crippen molar-refractivity contribution in [3.05, 3.63) is 132 Å². The lowest BCUT2D eigenvalue weighted by atomic mass is 10.1. The number of anilines is 2. The van der Waals surface area contributed by atoms with Gasteiger partial charge in [0.25, 0.3) is 0 Å². The Bertz CT molecular complexity index is 1490. The molecular weight excluding hydrogens is 540 g/mol. The normalized spacial score (nSPS) is 11.2. The van der Waals surface area contributed by atoms with Crippen molar-refractivity contribution in [2.45, 2.75) is 0 Å². The Kier molecular flexibility index (Phi) is 10.7. The van der Waals surface area contributed by atoms with E-state index in [0.717, 1.165) is 35.4 Å². The van der Waals surface area contributed by atoms with E-state index in [2.05, 4.69) is 10.6 Å². The van der Waals surface area contributed by atoms with Crippen molar-refractivity contribution in [1.29, 1.82) is 0 Å². The van der Waals surface area contributed by atoms with Gasteiger partial charge in [-0.25, -0.2) is 9.59 Å². The molecule has 10 nitrogen and oxygen atoms in total. The summed E-state index contributed by atoms with van der Waals surface area (Å²) in [4.78, 5) is 69.2. The molecule has 0 fully saturated rings. The molecule has 0 aliphatic carbocycles. The molecule has 3 rings (SSSR count). The maximum absolute atomic E-state index is 12.5. The summed E-state index contributed by atoms with van der Waals surface area (Å²) in [6.07, 6.45) is 9.33. The zero-order chi connectivity index (χ0) is 30.5. The molecule has 4 N–H and O–H groups in total. The van der Waals surface area contributed by atoms with Crippen molar-refractivity contribution in [3.8, 4) is 0 Å². The number of hydrogen-bond donors (Lipinski definition) is 4. The number of carbonyl (C=O) groups excluding carboxylic acids is 4. The van der Waals surface area contributed by atoms with Gasteiger partial charge in [-0.2, -0.15) is 0 Å². The van der Waals surface area contributed by atoms with Gasteiger partial charge in [-0.05, 0) is 71.8 Å². The van der Waals surface area contributed by atoms with Crippen LogP contribution < -0.4 is 10.6 Å². The molecule has 0 aromatic heterocycles. The topological polar surface area (TPSA) is 167 Å². The lowest BCUT2D eigenvalue weighted by Crippen LogP contribution is -2.08. The summed E-state index contributed by atoms with van der Waals surface area (Å²) in [6.45, 7) is 0. The van der Waals surface area contributed by atoms with Crippen LogP contribution in [0.15, 0.2) is 109 Å². The molecule has 42 heavy (non-hydrogen) atoms. The SMILES string of the molecule is O=C(O)/C=C/C(=O)Nc1ccc(C(=O)/C=C/c2ccc(/C=C/C(=O)c3ccc(NC(=O)/C=C/C(=O)O)cc3)cc2)cc1. The maximum Gasteiger partial charge on any atom is 0.328 e. The highest BCUT2D eigenvalue weighted by atomic mass is 16.4. The summed E-state index contributed by atoms with van der Waals surface area (Å²) in [5, 5.41) is 22.1. The highest BCUT2D eigenvalue weighted by Crippen LogP contribution is 2.14. The number of benzene rings is 3. The van der Waals surface area contributed by atoms with Gasteiger partial charge in [0, 0.05) is 46.8 Å². The zero-order valence-electron chi connectivity index (χ0n) is 21.9. The maximum atomic E-state index is 12.5. The van der Waals surface area contributed by atoms with Crippen LogP contribution in [0.3, 0.4) is 0 Å². The predicted octanol–water partition coefficient (Wildman–Crippen LogP) is 4.64. The summed E-state index contributed by atoms with van der Waals surface area (Å²) in [5.41, 5.74) is 3.13. The van der Waals surface area contributed by atoms with Crippen LogP contribution in [0, 0.1) is 0 Å². The van der Waals surface area contributed by atoms with Crippen LogP contribution in [-0.4, -0.2) is 45.5 Å². The van der Waals surface area contributed by atoms with Crippen LogP contribution in [0.5, 0.6) is 0 Å². The van der Waals surface area contributed by atoms with E-state index in [1.165, 1.54) is 60.7 Å². The lowest BCUT2D eigenvalue weighted by Gasteiger charge is -2.03. The third-order valence-electron chi connectivity index (χ3n) is 5.42. The van der Waals surface area contributed by atoms with E-state index in [9.17, 15) is 28.8 Å². The van der Waals surface area contributed by atoms with Crippen LogP contribution in [0.2, 0.25) is 0 Å². The molecule has 0 spiro atoms. The number of ketones is 2. The fraction of sp³-hybridized carbons (Fsp3) is 0. The highest BCUT2D eigenvalue weighted by molar-refractivity contribution is 6.08. The van der Waals surface area contributed by atoms with E-state index in [1.807, 2.05) is 0 Å². The molecule has 0 saturated carbocycles. The summed E-state index contributed by atoms with van der Waals surface area (Å²) in [6, 6.07) is 19.4. The van der Waals surface area contributed by atoms with E-state index in [1.54, 1.807) is 36.4 Å². The average molecular weight is 565 g/mol. The number of carboxylic acids is 2. The number of aliphatic carboxylic acids is 2. The standard InChI is InChI=1S/C32H24N2O8/c35-27(23-7-11-25(12-8-23)33-29(37)17-19-31(39)40)15-5-21-1-2-22(4-3-21)6-16-28(36)24-9-13-26(14-10-24)34-30(38)18-20-32(41)42/h1-20H,(H,33,37)(H,34,38)(H,39,40)(H,41,42)/b15-5+,16-6+,19-17+,20-18+. The number of carbonyl (C=O) groups is 6. The first-order chi connectivity index (χ1) is 20.1. The minimum absolute atomic E-state index is 0.254. The van der Waals surface area contributed by atoms with Gasteiger partial charge in [-0.1, -0.05) is 36.4 Å². The Balaban J connectivity index is 1.52. The fourth-order valence-corrected chi connectivity index (χ4v) is 3.35. The lowest BCUT2D eigenvalue weighted by molar-refractivity contribution is -0.132. The first-order valence-corrected chi connectivity index (χ1v) is 12.3. The number of hydrogen-bond acceptors (Lipinski definition) is 6. The molecule has 2 amide bonds. The molecule has 0 bridgehead atoms. The number of allylic oxidation sites excluding steroid dienone is 2. The molecular formula is C32H24N2O8. The predicted molar refractivity (Wildman–Crippen MR) is 157 cm³/mol. The van der Waals surface area contributed by atoms with Gasteiger partial charge < -0.3 is 20.8 Å². The molecule has 0 aliphatic rings. The monoisotopic (exact) mass is 564 g/mol. The van der Waals surface area contributed by atoms with Gasteiger partial charge in [-0.3, -0.25) is 19.2 Å². The minimum Gasteiger partial charge on any atom is -0.478 e. The third-order valence-corrected chi connectivity index (χ3v) is 5.42. The second kappa shape index (κ2) is 14.8. The summed E-state index contributed by atoms with van der Waals surface area (Å²) in [7, 11) is 0. The molecule has 0 heterocycles. The van der Waals surface area contributed by atoms with Crippen LogP contribution >= 0.6 is 0 Å². The van der Waals surface area contributed by atoms with Crippen molar-refractivity contribution in [1.82, 2.24) is 0 Å². The first kappa shape index (κ1) is 30.4. The zero-order valence-corrected chi connectivity index (χ0v) is 21.9. The van der Waals surface area contributed by atoms with Crippen molar-refractivity contribution in [2.24, 2.45) is 0 Å². The van der Waals surface area contributed by atoms with Crippen molar-refractivity contribution >= 4 is 58.8 Å². The Hall–Kier alpha value is -6.16. The molecule has 10 heteroatoms. The van der Waals surface area contributed by atoms with E-state index in [-0.39, 0.29) is 11.6 Å². The Morgan fingerprint density at radius 1 is 0.452 bits per heavy atom. The van der Waals surface area contributed by atoms with Crippen molar-refractivity contribution in [3.63, 3.8) is 0 Å². The van der Waals surface area contributed by atoms with E-state index in [4.69, 9.17) is 10.2 Å². The molecule has 0 saturated heterocycles. The Morgan fingerprint density at radius 2 is 0.786 bits per heavy atom. The fourth-order valence-electron chi connectivity index (χ4n) is 3.35. The van der Waals surface area contributed by atoms with Crippen LogP contribution in [0.1, 0.15) is 31.8 Å². The molecule has 0 radical (unpaired) electrons. The van der Waals surface area contributed by atoms with Gasteiger partial charge >= 0.3 is 11.9 Å². The minimum atomic E-state index is -1.24. The summed E-state index contributed by atoms with van der Waals surface area (Å²) >= 11 is 0. The molecule has 210 valence electrons. The number of amides is 2. The van der Waals surface area contributed by atoms with Gasteiger partial charge in [-0.15, -0.1) is 0 Å². The molecule has 0 unspecified atom stereocenters. The molecule has 0 aliphatic heterocycles. The summed E-state index contributed by atoms with van der Waals surface area (Å²) in [5.74, 6) is -4.19. The smallest absolute Gasteiger partial charge is 0.328 e. The number of rotatable bonds is 12. The first-order valence-electron chi connectivity index (χ1n) is 12.3. The quantitative estimate of drug-likeness (QED) is 0.182. The van der Waals surface area contributed by atoms with Gasteiger partial charge in [0.05, 0.1) is 0 Å². The highest BCUT2D eigenvalue weighted by Gasteiger charge is 2.05. The third kappa shape index (κ3) is 10.2. The number of nitrogens with one attached hydrogen (secondary N) is 2. The molecule has 0 atom stereocenters. The van der Waals surface area contributed by atoms with Crippen molar-refractivity contribution in [2.75, 3.05) is 10.6 Å². The molecule has 3 aromatic carbocycles. The van der Waals surface area contributed by atoms with Crippen LogP contribution in [-0.2, 0) is 19.2 Å². The second-order valence-corrected chi connectivity index (χ2v) is 8.54. The Labute approximate surface area is 240 Å². The molecule has 3 aromatic rings. The van der Waals surface area contributed by atoms with Crippen LogP contribution in [0.4, 0.5) is 11.4 Å². The largest absolute Gasteiger partial charge is 0.478 e. The van der Waals surface area contributed by atoms with Gasteiger partial charge in [0.15, 0.2) is 11.6 Å².